The first-order valence-corrected chi connectivity index (χ1v) is 11.1. The first-order valence-electron chi connectivity index (χ1n) is 11.1. The lowest BCUT2D eigenvalue weighted by Gasteiger charge is -2.37. The molecule has 1 saturated heterocycles. The van der Waals surface area contributed by atoms with Gasteiger partial charge in [-0.05, 0) is 43.6 Å². The first-order chi connectivity index (χ1) is 15.1. The lowest BCUT2D eigenvalue weighted by Crippen LogP contribution is -2.47. The van der Waals surface area contributed by atoms with Crippen LogP contribution in [0.2, 0.25) is 0 Å². The predicted octanol–water partition coefficient (Wildman–Crippen LogP) is 2.47. The van der Waals surface area contributed by atoms with E-state index >= 15 is 0 Å². The Hall–Kier alpha value is -2.74. The van der Waals surface area contributed by atoms with Crippen molar-refractivity contribution >= 4 is 23.0 Å². The molecule has 2 aliphatic rings. The van der Waals surface area contributed by atoms with Gasteiger partial charge in [0.1, 0.15) is 5.52 Å². The Morgan fingerprint density at radius 3 is 2.90 bits per heavy atom. The number of hydrogen-bond acceptors (Lipinski definition) is 5. The van der Waals surface area contributed by atoms with E-state index in [-0.39, 0.29) is 23.8 Å². The molecule has 0 radical (unpaired) electrons. The molecule has 2 aromatic rings. The number of nitrogens with zero attached hydrogens (tertiary/aromatic N) is 3. The minimum absolute atomic E-state index is 0.0673. The Kier molecular flexibility index (Phi) is 6.65. The summed E-state index contributed by atoms with van der Waals surface area (Å²) in [6.45, 7) is 5.50. The normalized spacial score (nSPS) is 22.0. The number of hydrogen-bond donors (Lipinski definition) is 2. The van der Waals surface area contributed by atoms with Crippen LogP contribution in [0.5, 0.6) is 0 Å². The molecule has 8 heteroatoms. The van der Waals surface area contributed by atoms with Gasteiger partial charge in [-0.15, -0.1) is 0 Å². The number of methoxy groups -OCH3 is 1. The summed E-state index contributed by atoms with van der Waals surface area (Å²) in [5.74, 6) is 0.641. The zero-order valence-corrected chi connectivity index (χ0v) is 18.1. The second kappa shape index (κ2) is 9.60. The Bertz CT molecular complexity index is 950. The number of carbonyl (C=O) groups is 2. The summed E-state index contributed by atoms with van der Waals surface area (Å²) in [4.78, 5) is 38.7. The van der Waals surface area contributed by atoms with Gasteiger partial charge >= 0.3 is 0 Å². The van der Waals surface area contributed by atoms with Crippen LogP contribution in [0, 0.1) is 11.8 Å². The summed E-state index contributed by atoms with van der Waals surface area (Å²) >= 11 is 0. The third-order valence-corrected chi connectivity index (χ3v) is 6.66. The van der Waals surface area contributed by atoms with E-state index in [0.29, 0.717) is 42.2 Å². The monoisotopic (exact) mass is 425 g/mol. The van der Waals surface area contributed by atoms with Crippen molar-refractivity contribution in [3.05, 3.63) is 36.3 Å². The summed E-state index contributed by atoms with van der Waals surface area (Å²) in [5.41, 5.74) is 2.59. The molecule has 2 fully saturated rings. The lowest BCUT2D eigenvalue weighted by molar-refractivity contribution is -0.131. The van der Waals surface area contributed by atoms with Crippen LogP contribution in [0.25, 0.3) is 11.2 Å². The van der Waals surface area contributed by atoms with Gasteiger partial charge < -0.3 is 19.9 Å². The molecule has 1 aliphatic heterocycles. The minimum Gasteiger partial charge on any atom is -0.379 e. The molecule has 0 spiro atoms. The highest BCUT2D eigenvalue weighted by molar-refractivity contribution is 6.04. The average Bonchev–Trinajstić information content (AvgIpc) is 3.47. The molecular weight excluding hydrogens is 394 g/mol. The summed E-state index contributed by atoms with van der Waals surface area (Å²) < 4.78 is 5.67. The highest BCUT2D eigenvalue weighted by Crippen LogP contribution is 2.26. The van der Waals surface area contributed by atoms with Crippen LogP contribution in [0.3, 0.4) is 0 Å². The van der Waals surface area contributed by atoms with Crippen molar-refractivity contribution in [1.29, 1.82) is 0 Å². The van der Waals surface area contributed by atoms with Crippen LogP contribution in [0.15, 0.2) is 25.0 Å². The summed E-state index contributed by atoms with van der Waals surface area (Å²) in [5, 5.41) is 3.06. The number of amides is 2. The molecule has 2 atom stereocenters. The maximum Gasteiger partial charge on any atom is 0.255 e. The van der Waals surface area contributed by atoms with Crippen LogP contribution < -0.4 is 5.32 Å². The third kappa shape index (κ3) is 4.79. The lowest BCUT2D eigenvalue weighted by atomic mass is 9.89. The number of carbonyl (C=O) groups excluding carboxylic acids is 2. The molecule has 2 N–H and O–H groups in total. The standard InChI is InChI=1S/C23H31N5O3/c1-3-20(29)28-9-8-16(19(14-28)31-2)10-17-12-24-22-21(27-17)18(13-25-22)23(30)26-11-15-6-4-5-7-15/h3,12-13,15-16,19H,1,4-11,14H2,2H3,(H,24,25)(H,26,30)/t16-,19-/m0/s1. The summed E-state index contributed by atoms with van der Waals surface area (Å²) in [7, 11) is 1.67. The second-order valence-corrected chi connectivity index (χ2v) is 8.64. The van der Waals surface area contributed by atoms with E-state index in [9.17, 15) is 9.59 Å². The molecule has 4 rings (SSSR count). The van der Waals surface area contributed by atoms with Crippen LogP contribution in [0.1, 0.15) is 48.2 Å². The van der Waals surface area contributed by atoms with Gasteiger partial charge in [0, 0.05) is 32.9 Å². The van der Waals surface area contributed by atoms with Gasteiger partial charge in [-0.2, -0.15) is 0 Å². The number of aromatic nitrogens is 3. The number of fused-ring (bicyclic) bond motifs is 1. The fourth-order valence-corrected chi connectivity index (χ4v) is 4.81. The van der Waals surface area contributed by atoms with Crippen LogP contribution >= 0.6 is 0 Å². The molecule has 1 aliphatic carbocycles. The van der Waals surface area contributed by atoms with E-state index < -0.39 is 0 Å². The van der Waals surface area contributed by atoms with E-state index in [1.54, 1.807) is 24.4 Å². The Morgan fingerprint density at radius 1 is 1.35 bits per heavy atom. The molecule has 166 valence electrons. The van der Waals surface area contributed by atoms with Gasteiger partial charge in [0.05, 0.1) is 23.6 Å². The molecule has 1 saturated carbocycles. The quantitative estimate of drug-likeness (QED) is 0.664. The molecule has 3 heterocycles. The smallest absolute Gasteiger partial charge is 0.255 e. The fourth-order valence-electron chi connectivity index (χ4n) is 4.81. The average molecular weight is 426 g/mol. The van der Waals surface area contributed by atoms with Crippen LogP contribution in [0.4, 0.5) is 0 Å². The predicted molar refractivity (Wildman–Crippen MR) is 118 cm³/mol. The van der Waals surface area contributed by atoms with Gasteiger partial charge in [-0.1, -0.05) is 19.4 Å². The maximum atomic E-state index is 12.7. The van der Waals surface area contributed by atoms with Gasteiger partial charge in [-0.3, -0.25) is 9.59 Å². The van der Waals surface area contributed by atoms with Crippen molar-refractivity contribution < 1.29 is 14.3 Å². The fraction of sp³-hybridized carbons (Fsp3) is 0.565. The second-order valence-electron chi connectivity index (χ2n) is 8.64. The largest absolute Gasteiger partial charge is 0.379 e. The highest BCUT2D eigenvalue weighted by atomic mass is 16.5. The number of piperidine rings is 1. The molecule has 31 heavy (non-hydrogen) atoms. The zero-order chi connectivity index (χ0) is 21.8. The molecule has 2 aromatic heterocycles. The molecule has 0 aromatic carbocycles. The SMILES string of the molecule is C=CC(=O)N1CC[C@@H](Cc2cnc3[nH]cc(C(=O)NCC4CCCC4)c3n2)[C@@H](OC)C1. The van der Waals surface area contributed by atoms with Crippen molar-refractivity contribution in [1.82, 2.24) is 25.2 Å². The van der Waals surface area contributed by atoms with E-state index in [1.807, 2.05) is 0 Å². The number of H-pyrrole nitrogens is 1. The van der Waals surface area contributed by atoms with Gasteiger partial charge in [0.25, 0.3) is 5.91 Å². The van der Waals surface area contributed by atoms with Crippen molar-refractivity contribution in [3.8, 4) is 0 Å². The number of likely N-dealkylation sites (tertiary alicyclic amines) is 1. The molecule has 8 nitrogen and oxygen atoms in total. The van der Waals surface area contributed by atoms with Crippen molar-refractivity contribution in [2.45, 2.75) is 44.6 Å². The molecular formula is C23H31N5O3. The van der Waals surface area contributed by atoms with E-state index in [4.69, 9.17) is 9.72 Å². The summed E-state index contributed by atoms with van der Waals surface area (Å²) in [6, 6.07) is 0. The molecule has 2 amide bonds. The minimum atomic E-state index is -0.101. The van der Waals surface area contributed by atoms with Crippen LogP contribution in [-0.4, -0.2) is 64.5 Å². The maximum absolute atomic E-state index is 12.7. The van der Waals surface area contributed by atoms with E-state index in [2.05, 4.69) is 21.9 Å². The topological polar surface area (TPSA) is 100 Å². The van der Waals surface area contributed by atoms with Crippen molar-refractivity contribution in [2.24, 2.45) is 11.8 Å². The van der Waals surface area contributed by atoms with Crippen LogP contribution in [-0.2, 0) is 16.0 Å². The van der Waals surface area contributed by atoms with E-state index in [1.165, 1.54) is 31.8 Å². The number of nitrogens with one attached hydrogen (secondary N) is 2. The third-order valence-electron chi connectivity index (χ3n) is 6.66. The van der Waals surface area contributed by atoms with Gasteiger partial charge in [-0.25, -0.2) is 9.97 Å². The Balaban J connectivity index is 1.45. The van der Waals surface area contributed by atoms with Crippen molar-refractivity contribution in [3.63, 3.8) is 0 Å². The number of ether oxygens (including phenoxy) is 1. The highest BCUT2D eigenvalue weighted by Gasteiger charge is 2.31. The number of aromatic amines is 1. The van der Waals surface area contributed by atoms with Gasteiger partial charge in [0.15, 0.2) is 5.65 Å². The summed E-state index contributed by atoms with van der Waals surface area (Å²) in [6.07, 6.45) is 11.1. The molecule has 0 unspecified atom stereocenters. The van der Waals surface area contributed by atoms with Gasteiger partial charge in [0.2, 0.25) is 5.91 Å². The van der Waals surface area contributed by atoms with E-state index in [0.717, 1.165) is 18.7 Å². The Labute approximate surface area is 182 Å². The Morgan fingerprint density at radius 2 is 2.16 bits per heavy atom. The first kappa shape index (κ1) is 21.5. The number of rotatable bonds is 7. The zero-order valence-electron chi connectivity index (χ0n) is 18.1. The molecule has 0 bridgehead atoms. The van der Waals surface area contributed by atoms with Crippen molar-refractivity contribution in [2.75, 3.05) is 26.7 Å².